The van der Waals surface area contributed by atoms with E-state index in [-0.39, 0.29) is 18.9 Å². The second kappa shape index (κ2) is 40.1. The SMILES string of the molecule is CCCCCCCCC/C=C/C(O)C(COC1OC(CO)C(O)C(OS(=O)(=O)O)C1O)NC(=O)CCCCCCCCCCCCCCCCCCCCCCCCCCCC. The molecule has 12 nitrogen and oxygen atoms in total. The molecule has 6 N–H and O–H groups in total. The van der Waals surface area contributed by atoms with E-state index in [1.54, 1.807) is 6.08 Å². The van der Waals surface area contributed by atoms with E-state index in [2.05, 4.69) is 23.3 Å². The molecule has 7 atom stereocenters. The van der Waals surface area contributed by atoms with Crippen molar-refractivity contribution in [3.8, 4) is 0 Å². The number of nitrogens with one attached hydrogen (secondary N) is 1. The summed E-state index contributed by atoms with van der Waals surface area (Å²) in [5.74, 6) is -0.260. The van der Waals surface area contributed by atoms with Crippen LogP contribution >= 0.6 is 0 Å². The summed E-state index contributed by atoms with van der Waals surface area (Å²) < 4.78 is 47.5. The molecule has 1 amide bonds. The zero-order valence-corrected chi connectivity index (χ0v) is 40.3. The number of amides is 1. The van der Waals surface area contributed by atoms with Crippen LogP contribution in [0, 0.1) is 0 Å². The van der Waals surface area contributed by atoms with Crippen LogP contribution < -0.4 is 5.32 Å². The van der Waals surface area contributed by atoms with Gasteiger partial charge >= 0.3 is 10.4 Å². The number of allylic oxidation sites excluding steroid dienone is 1. The van der Waals surface area contributed by atoms with E-state index >= 15 is 0 Å². The monoisotopic (exact) mass is 906 g/mol. The Kier molecular flexibility index (Phi) is 38.1. The highest BCUT2D eigenvalue weighted by Crippen LogP contribution is 2.26. The van der Waals surface area contributed by atoms with Crippen molar-refractivity contribution in [2.75, 3.05) is 13.2 Å². The molecule has 1 heterocycles. The van der Waals surface area contributed by atoms with Crippen LogP contribution in [0.5, 0.6) is 0 Å². The van der Waals surface area contributed by atoms with Crippen LogP contribution in [0.4, 0.5) is 0 Å². The summed E-state index contributed by atoms with van der Waals surface area (Å²) in [4.78, 5) is 13.0. The van der Waals surface area contributed by atoms with Crippen LogP contribution in [-0.4, -0.2) is 95.4 Å². The predicted molar refractivity (Wildman–Crippen MR) is 250 cm³/mol. The molecule has 1 saturated heterocycles. The van der Waals surface area contributed by atoms with Gasteiger partial charge in [0.1, 0.15) is 24.4 Å². The van der Waals surface area contributed by atoms with E-state index in [4.69, 9.17) is 9.47 Å². The Morgan fingerprint density at radius 1 is 0.629 bits per heavy atom. The van der Waals surface area contributed by atoms with E-state index < -0.39 is 59.9 Å². The van der Waals surface area contributed by atoms with Gasteiger partial charge in [-0.2, -0.15) is 8.42 Å². The summed E-state index contributed by atoms with van der Waals surface area (Å²) in [6.07, 6.45) is 37.2. The van der Waals surface area contributed by atoms with E-state index in [1.165, 1.54) is 167 Å². The standard InChI is InChI=1S/C49H95NO11S/c1-3-5-7-9-11-13-14-15-16-17-18-19-20-21-22-23-24-25-26-27-28-29-31-33-35-37-39-45(53)50-42(43(52)38-36-34-32-30-12-10-8-6-4-2)41-59-49-47(55)48(61-62(56,57)58)46(54)44(40-51)60-49/h36,38,42-44,46-49,51-52,54-55H,3-35,37,39-41H2,1-2H3,(H,50,53)(H,56,57,58)/b38-36+. The quantitative estimate of drug-likeness (QED) is 0.0194. The largest absolute Gasteiger partial charge is 0.397 e. The van der Waals surface area contributed by atoms with Gasteiger partial charge in [-0.25, -0.2) is 4.18 Å². The maximum Gasteiger partial charge on any atom is 0.397 e. The maximum atomic E-state index is 13.0. The van der Waals surface area contributed by atoms with E-state index in [9.17, 15) is 38.2 Å². The van der Waals surface area contributed by atoms with Gasteiger partial charge in [0, 0.05) is 6.42 Å². The second-order valence-corrected chi connectivity index (χ2v) is 19.2. The fourth-order valence-corrected chi connectivity index (χ4v) is 8.85. The highest BCUT2D eigenvalue weighted by molar-refractivity contribution is 7.80. The second-order valence-electron chi connectivity index (χ2n) is 18.1. The van der Waals surface area contributed by atoms with Gasteiger partial charge in [-0.1, -0.05) is 225 Å². The molecule has 0 aliphatic carbocycles. The summed E-state index contributed by atoms with van der Waals surface area (Å²) in [6.45, 7) is 3.37. The molecule has 7 unspecified atom stereocenters. The normalized spacial score (nSPS) is 20.5. The van der Waals surface area contributed by atoms with Crippen LogP contribution in [0.15, 0.2) is 12.2 Å². The maximum absolute atomic E-state index is 13.0. The lowest BCUT2D eigenvalue weighted by atomic mass is 9.99. The number of unbranched alkanes of at least 4 members (excludes halogenated alkanes) is 32. The first-order chi connectivity index (χ1) is 30.0. The number of rotatable bonds is 44. The molecule has 0 aromatic rings. The number of hydrogen-bond donors (Lipinski definition) is 6. The molecule has 0 aromatic heterocycles. The fourth-order valence-electron chi connectivity index (χ4n) is 8.34. The summed E-state index contributed by atoms with van der Waals surface area (Å²) in [5.41, 5.74) is 0. The number of carbonyl (C=O) groups is 1. The molecule has 1 rings (SSSR count). The Bertz CT molecular complexity index is 1160. The van der Waals surface area contributed by atoms with Crippen LogP contribution in [0.25, 0.3) is 0 Å². The lowest BCUT2D eigenvalue weighted by Gasteiger charge is -2.41. The minimum Gasteiger partial charge on any atom is -0.394 e. The van der Waals surface area contributed by atoms with Crippen LogP contribution in [0.3, 0.4) is 0 Å². The van der Waals surface area contributed by atoms with Crippen molar-refractivity contribution in [1.82, 2.24) is 5.32 Å². The molecule has 1 fully saturated rings. The van der Waals surface area contributed by atoms with Gasteiger partial charge in [0.15, 0.2) is 6.29 Å². The smallest absolute Gasteiger partial charge is 0.394 e. The molecule has 1 aliphatic rings. The van der Waals surface area contributed by atoms with Crippen molar-refractivity contribution < 1.29 is 51.8 Å². The molecule has 0 saturated carbocycles. The van der Waals surface area contributed by atoms with Crippen molar-refractivity contribution in [2.24, 2.45) is 0 Å². The molecule has 0 aromatic carbocycles. The Labute approximate surface area is 379 Å². The zero-order chi connectivity index (χ0) is 45.5. The van der Waals surface area contributed by atoms with Crippen LogP contribution in [0.2, 0.25) is 0 Å². The van der Waals surface area contributed by atoms with Gasteiger partial charge in [0.2, 0.25) is 5.91 Å². The van der Waals surface area contributed by atoms with Crippen molar-refractivity contribution >= 4 is 16.3 Å². The highest BCUT2D eigenvalue weighted by Gasteiger charge is 2.48. The molecule has 0 bridgehead atoms. The third-order valence-corrected chi connectivity index (χ3v) is 12.8. The van der Waals surface area contributed by atoms with E-state index in [1.807, 2.05) is 6.08 Å². The van der Waals surface area contributed by atoms with Crippen molar-refractivity contribution in [3.05, 3.63) is 12.2 Å². The summed E-state index contributed by atoms with van der Waals surface area (Å²) in [7, 11) is -5.08. The molecule has 0 spiro atoms. The average Bonchev–Trinajstić information content (AvgIpc) is 3.24. The Morgan fingerprint density at radius 2 is 1.02 bits per heavy atom. The lowest BCUT2D eigenvalue weighted by Crippen LogP contribution is -2.61. The van der Waals surface area contributed by atoms with Gasteiger partial charge in [0.05, 0.1) is 25.4 Å². The molecule has 62 heavy (non-hydrogen) atoms. The lowest BCUT2D eigenvalue weighted by molar-refractivity contribution is -0.298. The van der Waals surface area contributed by atoms with Gasteiger partial charge in [-0.15, -0.1) is 0 Å². The van der Waals surface area contributed by atoms with Crippen molar-refractivity contribution in [3.63, 3.8) is 0 Å². The van der Waals surface area contributed by atoms with Crippen molar-refractivity contribution in [2.45, 2.75) is 281 Å². The third-order valence-electron chi connectivity index (χ3n) is 12.3. The zero-order valence-electron chi connectivity index (χ0n) is 39.5. The van der Waals surface area contributed by atoms with Gasteiger partial charge in [-0.3, -0.25) is 9.35 Å². The Balaban J connectivity index is 2.28. The minimum absolute atomic E-state index is 0.260. The summed E-state index contributed by atoms with van der Waals surface area (Å²) in [6, 6.07) is -0.937. The first-order valence-electron chi connectivity index (χ1n) is 25.6. The van der Waals surface area contributed by atoms with Crippen molar-refractivity contribution in [1.29, 1.82) is 0 Å². The number of ether oxygens (including phenoxy) is 2. The average molecular weight is 906 g/mol. The minimum atomic E-state index is -5.08. The highest BCUT2D eigenvalue weighted by atomic mass is 32.3. The number of aliphatic hydroxyl groups excluding tert-OH is 4. The Hall–Kier alpha value is -1.16. The fraction of sp³-hybridized carbons (Fsp3) is 0.939. The first kappa shape index (κ1) is 58.9. The molecule has 1 aliphatic heterocycles. The van der Waals surface area contributed by atoms with Crippen LogP contribution in [0.1, 0.15) is 239 Å². The number of hydrogen-bond acceptors (Lipinski definition) is 10. The predicted octanol–water partition coefficient (Wildman–Crippen LogP) is 10.7. The number of aliphatic hydroxyl groups is 4. The van der Waals surface area contributed by atoms with E-state index in [0.717, 1.165) is 44.9 Å². The van der Waals surface area contributed by atoms with Gasteiger partial charge < -0.3 is 35.2 Å². The Morgan fingerprint density at radius 3 is 1.40 bits per heavy atom. The van der Waals surface area contributed by atoms with Gasteiger partial charge in [0.25, 0.3) is 0 Å². The van der Waals surface area contributed by atoms with Crippen LogP contribution in [-0.2, 0) is 28.9 Å². The topological polar surface area (TPSA) is 192 Å². The first-order valence-corrected chi connectivity index (χ1v) is 26.9. The molecule has 368 valence electrons. The summed E-state index contributed by atoms with van der Waals surface area (Å²) >= 11 is 0. The third kappa shape index (κ3) is 32.5. The van der Waals surface area contributed by atoms with Gasteiger partial charge in [-0.05, 0) is 19.3 Å². The van der Waals surface area contributed by atoms with E-state index in [0.29, 0.717) is 6.42 Å². The molecule has 13 heteroatoms. The summed E-state index contributed by atoms with van der Waals surface area (Å²) in [5, 5.41) is 44.6. The molecule has 0 radical (unpaired) electrons. The number of carbonyl (C=O) groups excluding carboxylic acids is 1. The molecular weight excluding hydrogens is 811 g/mol. The molecular formula is C49H95NO11S.